The molecule has 3 N–H and O–H groups in total. The lowest BCUT2D eigenvalue weighted by Gasteiger charge is -2.23. The number of fused-ring (bicyclic) bond motifs is 1. The number of pyridine rings is 1. The summed E-state index contributed by atoms with van der Waals surface area (Å²) in [6.07, 6.45) is 2.21. The van der Waals surface area contributed by atoms with Gasteiger partial charge in [0.05, 0.1) is 16.6 Å². The van der Waals surface area contributed by atoms with Gasteiger partial charge in [-0.1, -0.05) is 24.3 Å². The number of halogens is 2. The first-order valence-corrected chi connectivity index (χ1v) is 10.7. The topological polar surface area (TPSA) is 97.6 Å². The number of benzene rings is 2. The number of nitrogens with zero attached hydrogens (tertiary/aromatic N) is 3. The van der Waals surface area contributed by atoms with E-state index in [1.165, 1.54) is 17.7 Å². The highest BCUT2D eigenvalue weighted by Crippen LogP contribution is 2.39. The fraction of sp³-hybridized carbons (Fsp3) is 0.240. The highest BCUT2D eigenvalue weighted by Gasteiger charge is 2.23. The number of aromatic nitrogens is 3. The Morgan fingerprint density at radius 1 is 1.12 bits per heavy atom. The zero-order valence-electron chi connectivity index (χ0n) is 18.0. The normalized spacial score (nSPS) is 14.1. The van der Waals surface area contributed by atoms with Gasteiger partial charge in [0.15, 0.2) is 5.65 Å². The molecule has 0 amide bonds. The molecule has 0 bridgehead atoms. The monoisotopic (exact) mass is 463 g/mol. The van der Waals surface area contributed by atoms with Crippen molar-refractivity contribution in [1.29, 1.82) is 5.26 Å². The maximum Gasteiger partial charge on any atom is 0.182 e. The van der Waals surface area contributed by atoms with Crippen molar-refractivity contribution in [3.05, 3.63) is 65.1 Å². The van der Waals surface area contributed by atoms with Crippen molar-refractivity contribution >= 4 is 23.4 Å². The maximum atomic E-state index is 14.7. The number of phenolic OH excluding ortho intramolecular Hbond substituents is 1. The van der Waals surface area contributed by atoms with Gasteiger partial charge in [0.25, 0.3) is 0 Å². The number of aryl methyl sites for hydroxylation is 1. The third-order valence-electron chi connectivity index (χ3n) is 6.21. The van der Waals surface area contributed by atoms with Crippen molar-refractivity contribution < 1.29 is 9.50 Å². The van der Waals surface area contributed by atoms with Crippen LogP contribution in [0.2, 0.25) is 0 Å². The molecule has 0 unspecified atom stereocenters. The van der Waals surface area contributed by atoms with Crippen LogP contribution in [0.3, 0.4) is 0 Å². The molecule has 4 aromatic rings. The van der Waals surface area contributed by atoms with Crippen molar-refractivity contribution in [3.8, 4) is 34.2 Å². The van der Waals surface area contributed by atoms with E-state index in [1.54, 1.807) is 0 Å². The molecule has 33 heavy (non-hydrogen) atoms. The molecule has 6 nitrogen and oxygen atoms in total. The second-order valence-corrected chi connectivity index (χ2v) is 8.18. The Labute approximate surface area is 196 Å². The van der Waals surface area contributed by atoms with Crippen LogP contribution >= 0.6 is 12.4 Å². The number of hydrogen-bond donors (Lipinski definition) is 3. The Hall–Kier alpha value is -3.47. The van der Waals surface area contributed by atoms with Crippen molar-refractivity contribution in [2.75, 3.05) is 13.1 Å². The van der Waals surface area contributed by atoms with Crippen LogP contribution in [0.25, 0.3) is 33.4 Å². The van der Waals surface area contributed by atoms with Gasteiger partial charge in [-0.25, -0.2) is 9.37 Å². The number of piperidine rings is 1. The van der Waals surface area contributed by atoms with Crippen molar-refractivity contribution in [2.45, 2.75) is 25.7 Å². The van der Waals surface area contributed by atoms with E-state index in [1.807, 2.05) is 19.1 Å². The molecule has 0 aliphatic carbocycles. The van der Waals surface area contributed by atoms with Crippen LogP contribution in [0.15, 0.2) is 42.5 Å². The molecular formula is C25H23ClFN5O. The SMILES string of the molecule is Cc1[nH]nc2nc(-c3ccc(O)cc3F)c(C#N)c(-c3ccc(C4CCNCC4)cc3)c12.Cl. The van der Waals surface area contributed by atoms with Gasteiger partial charge in [0, 0.05) is 22.9 Å². The number of phenols is 1. The minimum absolute atomic E-state index is 0. The molecule has 1 saturated heterocycles. The molecule has 1 fully saturated rings. The lowest BCUT2D eigenvalue weighted by Crippen LogP contribution is -2.26. The molecule has 1 aliphatic heterocycles. The first-order chi connectivity index (χ1) is 15.6. The summed E-state index contributed by atoms with van der Waals surface area (Å²) in [6, 6.07) is 14.4. The zero-order valence-corrected chi connectivity index (χ0v) is 18.8. The van der Waals surface area contributed by atoms with Crippen LogP contribution in [0, 0.1) is 24.1 Å². The van der Waals surface area contributed by atoms with Crippen LogP contribution < -0.4 is 5.32 Å². The number of H-pyrrole nitrogens is 1. The molecular weight excluding hydrogens is 441 g/mol. The number of hydrogen-bond acceptors (Lipinski definition) is 5. The molecule has 0 spiro atoms. The Balaban J connectivity index is 0.00000259. The van der Waals surface area contributed by atoms with Gasteiger partial charge in [-0.15, -0.1) is 12.4 Å². The van der Waals surface area contributed by atoms with Gasteiger partial charge < -0.3 is 10.4 Å². The van der Waals surface area contributed by atoms with Crippen LogP contribution in [-0.2, 0) is 0 Å². The predicted molar refractivity (Wildman–Crippen MR) is 128 cm³/mol. The minimum Gasteiger partial charge on any atom is -0.508 e. The first-order valence-electron chi connectivity index (χ1n) is 10.7. The van der Waals surface area contributed by atoms with E-state index in [-0.39, 0.29) is 35.0 Å². The summed E-state index contributed by atoms with van der Waals surface area (Å²) in [5.74, 6) is -0.307. The van der Waals surface area contributed by atoms with E-state index in [2.05, 4.69) is 38.7 Å². The molecule has 2 aromatic heterocycles. The Bertz CT molecular complexity index is 1350. The predicted octanol–water partition coefficient (Wildman–Crippen LogP) is 5.21. The molecule has 3 heterocycles. The van der Waals surface area contributed by atoms with Crippen molar-refractivity contribution in [1.82, 2.24) is 20.5 Å². The summed E-state index contributed by atoms with van der Waals surface area (Å²) in [7, 11) is 0. The molecule has 168 valence electrons. The molecule has 5 rings (SSSR count). The van der Waals surface area contributed by atoms with E-state index >= 15 is 0 Å². The van der Waals surface area contributed by atoms with E-state index in [0.29, 0.717) is 17.1 Å². The maximum absolute atomic E-state index is 14.7. The number of nitrogens with one attached hydrogen (secondary N) is 2. The summed E-state index contributed by atoms with van der Waals surface area (Å²) < 4.78 is 14.7. The number of aromatic amines is 1. The molecule has 8 heteroatoms. The summed E-state index contributed by atoms with van der Waals surface area (Å²) in [5.41, 5.74) is 4.67. The summed E-state index contributed by atoms with van der Waals surface area (Å²) in [4.78, 5) is 4.51. The van der Waals surface area contributed by atoms with Gasteiger partial charge in [-0.3, -0.25) is 5.10 Å². The summed E-state index contributed by atoms with van der Waals surface area (Å²) >= 11 is 0. The summed E-state index contributed by atoms with van der Waals surface area (Å²) in [6.45, 7) is 3.92. The van der Waals surface area contributed by atoms with E-state index in [4.69, 9.17) is 0 Å². The van der Waals surface area contributed by atoms with Gasteiger partial charge in [0.2, 0.25) is 0 Å². The summed E-state index contributed by atoms with van der Waals surface area (Å²) in [5, 5.41) is 31.1. The van der Waals surface area contributed by atoms with Gasteiger partial charge >= 0.3 is 0 Å². The Morgan fingerprint density at radius 3 is 2.52 bits per heavy atom. The lowest BCUT2D eigenvalue weighted by molar-refractivity contribution is 0.460. The lowest BCUT2D eigenvalue weighted by atomic mass is 9.88. The van der Waals surface area contributed by atoms with Crippen LogP contribution in [0.5, 0.6) is 5.75 Å². The average molecular weight is 464 g/mol. The first kappa shape index (κ1) is 22.7. The van der Waals surface area contributed by atoms with Crippen LogP contribution in [0.1, 0.15) is 35.6 Å². The number of aromatic hydroxyl groups is 1. The van der Waals surface area contributed by atoms with E-state index in [9.17, 15) is 14.8 Å². The largest absolute Gasteiger partial charge is 0.508 e. The van der Waals surface area contributed by atoms with Crippen LogP contribution in [0.4, 0.5) is 4.39 Å². The molecule has 1 aliphatic rings. The van der Waals surface area contributed by atoms with Crippen molar-refractivity contribution in [3.63, 3.8) is 0 Å². The average Bonchev–Trinajstić information content (AvgIpc) is 3.19. The number of rotatable bonds is 3. The van der Waals surface area contributed by atoms with Gasteiger partial charge in [0.1, 0.15) is 17.6 Å². The number of nitriles is 1. The quantitative estimate of drug-likeness (QED) is 0.387. The fourth-order valence-corrected chi connectivity index (χ4v) is 4.57. The fourth-order valence-electron chi connectivity index (χ4n) is 4.57. The van der Waals surface area contributed by atoms with Gasteiger partial charge in [-0.05, 0) is 62.0 Å². The second kappa shape index (κ2) is 9.18. The van der Waals surface area contributed by atoms with Crippen LogP contribution in [-0.4, -0.2) is 33.4 Å². The van der Waals surface area contributed by atoms with Gasteiger partial charge in [-0.2, -0.15) is 10.4 Å². The third-order valence-corrected chi connectivity index (χ3v) is 6.21. The van der Waals surface area contributed by atoms with E-state index < -0.39 is 5.82 Å². The second-order valence-electron chi connectivity index (χ2n) is 8.18. The Morgan fingerprint density at radius 2 is 1.85 bits per heavy atom. The van der Waals surface area contributed by atoms with E-state index in [0.717, 1.165) is 48.6 Å². The Kier molecular flexibility index (Phi) is 6.32. The molecule has 0 saturated carbocycles. The third kappa shape index (κ3) is 4.04. The smallest absolute Gasteiger partial charge is 0.182 e. The molecule has 0 radical (unpaired) electrons. The zero-order chi connectivity index (χ0) is 22.2. The van der Waals surface area contributed by atoms with Crippen molar-refractivity contribution in [2.24, 2.45) is 0 Å². The minimum atomic E-state index is -0.646. The standard InChI is InChI=1S/C25H22FN5O.ClH/c1-14-22-23(17-4-2-15(3-5-17)16-8-10-28-11-9-16)20(13-27)24(29-25(22)31-30-14)19-7-6-18(32)12-21(19)26;/h2-7,12,16,28,32H,8-11H2,1H3,(H,29,30,31);1H. The highest BCUT2D eigenvalue weighted by molar-refractivity contribution is 6.00. The highest BCUT2D eigenvalue weighted by atomic mass is 35.5. The molecule has 0 atom stereocenters. The molecule has 2 aromatic carbocycles.